The van der Waals surface area contributed by atoms with Crippen molar-refractivity contribution in [3.8, 4) is 5.75 Å². The summed E-state index contributed by atoms with van der Waals surface area (Å²) < 4.78 is 6.22. The molecule has 0 radical (unpaired) electrons. The Kier molecular flexibility index (Phi) is 4.71. The van der Waals surface area contributed by atoms with E-state index in [0.29, 0.717) is 17.4 Å². The van der Waals surface area contributed by atoms with Crippen molar-refractivity contribution in [3.63, 3.8) is 0 Å². The van der Waals surface area contributed by atoms with Crippen molar-refractivity contribution in [2.45, 2.75) is 13.5 Å². The molecular weight excluding hydrogens is 356 g/mol. The van der Waals surface area contributed by atoms with Crippen molar-refractivity contribution in [3.05, 3.63) is 68.2 Å². The molecule has 2 aromatic heterocycles. The van der Waals surface area contributed by atoms with Gasteiger partial charge in [0.25, 0.3) is 11.5 Å². The van der Waals surface area contributed by atoms with Crippen molar-refractivity contribution in [1.82, 2.24) is 9.99 Å². The number of fused-ring (bicyclic) bond motifs is 1. The molecule has 0 atom stereocenters. The molecule has 2 heterocycles. The number of aromatic nitrogens is 1. The lowest BCUT2D eigenvalue weighted by atomic mass is 10.1. The molecule has 27 heavy (non-hydrogen) atoms. The molecule has 3 aromatic rings. The number of nitrogens with one attached hydrogen (secondary N) is 1. The molecule has 10 heteroatoms. The number of para-hydroxylation sites is 1. The minimum atomic E-state index is -0.914. The van der Waals surface area contributed by atoms with Crippen LogP contribution < -0.4 is 11.0 Å². The maximum atomic E-state index is 12.6. The van der Waals surface area contributed by atoms with Gasteiger partial charge in [-0.1, -0.05) is 12.1 Å². The second-order valence-electron chi connectivity index (χ2n) is 5.42. The van der Waals surface area contributed by atoms with Crippen molar-refractivity contribution >= 4 is 28.9 Å². The predicted octanol–water partition coefficient (Wildman–Crippen LogP) is 1.99. The first-order valence-corrected chi connectivity index (χ1v) is 7.86. The fourth-order valence-corrected chi connectivity index (χ4v) is 2.63. The summed E-state index contributed by atoms with van der Waals surface area (Å²) in [5.74, 6) is -1.79. The number of benzene rings is 1. The third-order valence-corrected chi connectivity index (χ3v) is 3.84. The van der Waals surface area contributed by atoms with Gasteiger partial charge in [0.15, 0.2) is 5.76 Å². The summed E-state index contributed by atoms with van der Waals surface area (Å²) in [5, 5.41) is 24.9. The van der Waals surface area contributed by atoms with Crippen LogP contribution in [0.4, 0.5) is 5.88 Å². The maximum Gasteiger partial charge on any atom is 0.433 e. The van der Waals surface area contributed by atoms with Crippen LogP contribution in [0.1, 0.15) is 23.0 Å². The summed E-state index contributed by atoms with van der Waals surface area (Å²) >= 11 is 0. The van der Waals surface area contributed by atoms with E-state index in [1.54, 1.807) is 31.2 Å². The zero-order valence-electron chi connectivity index (χ0n) is 14.1. The molecule has 0 spiro atoms. The van der Waals surface area contributed by atoms with E-state index < -0.39 is 33.6 Å². The van der Waals surface area contributed by atoms with E-state index in [0.717, 1.165) is 12.3 Å². The van der Waals surface area contributed by atoms with Crippen molar-refractivity contribution in [2.75, 3.05) is 0 Å². The van der Waals surface area contributed by atoms with Crippen LogP contribution in [0.3, 0.4) is 0 Å². The summed E-state index contributed by atoms with van der Waals surface area (Å²) in [6.07, 6.45) is 1.04. The average molecular weight is 370 g/mol. The molecule has 1 amide bonds. The van der Waals surface area contributed by atoms with E-state index in [2.05, 4.69) is 10.5 Å². The number of amides is 1. The Morgan fingerprint density at radius 3 is 2.78 bits per heavy atom. The van der Waals surface area contributed by atoms with E-state index in [1.165, 1.54) is 10.6 Å². The molecule has 3 rings (SSSR count). The second-order valence-corrected chi connectivity index (χ2v) is 5.42. The highest BCUT2D eigenvalue weighted by Gasteiger charge is 2.21. The molecule has 138 valence electrons. The summed E-state index contributed by atoms with van der Waals surface area (Å²) in [6, 6.07) is 9.10. The molecule has 0 aliphatic carbocycles. The quantitative estimate of drug-likeness (QED) is 0.400. The Bertz CT molecular complexity index is 1130. The van der Waals surface area contributed by atoms with E-state index in [1.807, 2.05) is 0 Å². The first kappa shape index (κ1) is 17.9. The topological polar surface area (TPSA) is 140 Å². The summed E-state index contributed by atoms with van der Waals surface area (Å²) in [4.78, 5) is 34.8. The number of nitro groups is 1. The number of carbonyl (C=O) groups is 1. The zero-order valence-corrected chi connectivity index (χ0v) is 14.1. The smallest absolute Gasteiger partial charge is 0.433 e. The fraction of sp³-hybridized carbons (Fsp3) is 0.118. The lowest BCUT2D eigenvalue weighted by molar-refractivity contribution is -0.402. The lowest BCUT2D eigenvalue weighted by Crippen LogP contribution is -2.31. The SMILES string of the molecule is CCn1c(=O)c(C(=O)N/N=C\c2ccc([N+](=O)[O-])o2)c(O)c2ccccc21. The maximum absolute atomic E-state index is 12.6. The fourth-order valence-electron chi connectivity index (χ4n) is 2.63. The number of hydrazone groups is 1. The predicted molar refractivity (Wildman–Crippen MR) is 96.0 cm³/mol. The Hall–Kier alpha value is -3.95. The molecule has 10 nitrogen and oxygen atoms in total. The molecule has 2 N–H and O–H groups in total. The molecule has 0 saturated carbocycles. The monoisotopic (exact) mass is 370 g/mol. The third-order valence-electron chi connectivity index (χ3n) is 3.84. The first-order chi connectivity index (χ1) is 12.9. The lowest BCUT2D eigenvalue weighted by Gasteiger charge is -2.12. The van der Waals surface area contributed by atoms with Crippen LogP contribution in [0.2, 0.25) is 0 Å². The standard InChI is InChI=1S/C17H14N4O6/c1-2-20-12-6-4-3-5-11(12)15(22)14(17(20)24)16(23)19-18-9-10-7-8-13(27-10)21(25)26/h3-9,22H,2H2,1H3,(H,19,23)/b18-9-. The molecule has 0 aliphatic heterocycles. The highest BCUT2D eigenvalue weighted by molar-refractivity contribution is 6.02. The second kappa shape index (κ2) is 7.12. The molecule has 0 aliphatic rings. The summed E-state index contributed by atoms with van der Waals surface area (Å²) in [7, 11) is 0. The molecule has 0 fully saturated rings. The van der Waals surface area contributed by atoms with Gasteiger partial charge in [-0.05, 0) is 25.1 Å². The Morgan fingerprint density at radius 1 is 1.37 bits per heavy atom. The Balaban J connectivity index is 1.92. The number of carbonyl (C=O) groups excluding carboxylic acids is 1. The van der Waals surface area contributed by atoms with E-state index in [4.69, 9.17) is 4.42 Å². The van der Waals surface area contributed by atoms with Gasteiger partial charge < -0.3 is 14.1 Å². The van der Waals surface area contributed by atoms with Gasteiger partial charge in [0, 0.05) is 11.9 Å². The number of hydrogen-bond donors (Lipinski definition) is 2. The summed E-state index contributed by atoms with van der Waals surface area (Å²) in [5.41, 5.74) is 1.51. The van der Waals surface area contributed by atoms with Crippen LogP contribution in [0.15, 0.2) is 50.7 Å². The number of nitrogens with zero attached hydrogens (tertiary/aromatic N) is 3. The Morgan fingerprint density at radius 2 is 2.11 bits per heavy atom. The minimum Gasteiger partial charge on any atom is -0.506 e. The van der Waals surface area contributed by atoms with Crippen molar-refractivity contribution in [1.29, 1.82) is 0 Å². The molecule has 0 unspecified atom stereocenters. The summed E-state index contributed by atoms with van der Waals surface area (Å²) in [6.45, 7) is 2.05. The van der Waals surface area contributed by atoms with Gasteiger partial charge in [-0.3, -0.25) is 19.7 Å². The number of pyridine rings is 1. The van der Waals surface area contributed by atoms with Gasteiger partial charge in [0.2, 0.25) is 0 Å². The van der Waals surface area contributed by atoms with Gasteiger partial charge in [-0.15, -0.1) is 0 Å². The largest absolute Gasteiger partial charge is 0.506 e. The minimum absolute atomic E-state index is 0.0377. The number of hydrogen-bond acceptors (Lipinski definition) is 7. The normalized spacial score (nSPS) is 11.1. The first-order valence-electron chi connectivity index (χ1n) is 7.86. The highest BCUT2D eigenvalue weighted by atomic mass is 16.6. The van der Waals surface area contributed by atoms with Crippen LogP contribution >= 0.6 is 0 Å². The van der Waals surface area contributed by atoms with Crippen molar-refractivity contribution in [2.24, 2.45) is 5.10 Å². The van der Waals surface area contributed by atoms with E-state index in [9.17, 15) is 24.8 Å². The van der Waals surface area contributed by atoms with Crippen molar-refractivity contribution < 1.29 is 19.2 Å². The van der Waals surface area contributed by atoms with Gasteiger partial charge in [0.05, 0.1) is 17.8 Å². The molecule has 0 saturated heterocycles. The number of aromatic hydroxyl groups is 1. The van der Waals surface area contributed by atoms with Crippen LogP contribution in [0, 0.1) is 10.1 Å². The number of furan rings is 1. The third kappa shape index (κ3) is 3.27. The van der Waals surface area contributed by atoms with Gasteiger partial charge in [-0.2, -0.15) is 5.10 Å². The van der Waals surface area contributed by atoms with Gasteiger partial charge >= 0.3 is 5.88 Å². The number of rotatable bonds is 5. The zero-order chi connectivity index (χ0) is 19.6. The van der Waals surface area contributed by atoms with Gasteiger partial charge in [0.1, 0.15) is 16.2 Å². The highest BCUT2D eigenvalue weighted by Crippen LogP contribution is 2.26. The van der Waals surface area contributed by atoms with E-state index >= 15 is 0 Å². The number of aryl methyl sites for hydroxylation is 1. The molecule has 1 aromatic carbocycles. The Labute approximate surface area is 151 Å². The molecular formula is C17H14N4O6. The average Bonchev–Trinajstić information content (AvgIpc) is 3.11. The van der Waals surface area contributed by atoms with Gasteiger partial charge in [-0.25, -0.2) is 5.43 Å². The van der Waals surface area contributed by atoms with Crippen LogP contribution in [0.25, 0.3) is 10.9 Å². The van der Waals surface area contributed by atoms with E-state index in [-0.39, 0.29) is 5.76 Å². The van der Waals surface area contributed by atoms with Crippen LogP contribution in [-0.2, 0) is 6.54 Å². The van der Waals surface area contributed by atoms with Crippen LogP contribution in [0.5, 0.6) is 5.75 Å². The molecule has 0 bridgehead atoms. The van der Waals surface area contributed by atoms with Crippen LogP contribution in [-0.4, -0.2) is 26.7 Å².